The van der Waals surface area contributed by atoms with Gasteiger partial charge >= 0.3 is 11.9 Å². The molecule has 8 nitrogen and oxygen atoms in total. The minimum absolute atomic E-state index is 0.221. The van der Waals surface area contributed by atoms with Gasteiger partial charge in [0.25, 0.3) is 10.2 Å². The van der Waals surface area contributed by atoms with Gasteiger partial charge < -0.3 is 9.84 Å². The van der Waals surface area contributed by atoms with Gasteiger partial charge in [0, 0.05) is 19.1 Å². The lowest BCUT2D eigenvalue weighted by Crippen LogP contribution is -2.48. The van der Waals surface area contributed by atoms with Crippen LogP contribution >= 0.6 is 0 Å². The van der Waals surface area contributed by atoms with E-state index in [4.69, 9.17) is 9.84 Å². The smallest absolute Gasteiger partial charge is 0.309 e. The van der Waals surface area contributed by atoms with E-state index < -0.39 is 22.2 Å². The molecule has 0 aromatic carbocycles. The second-order valence-electron chi connectivity index (χ2n) is 5.05. The molecule has 2 N–H and O–H groups in total. The van der Waals surface area contributed by atoms with Gasteiger partial charge in [-0.15, -0.1) is 0 Å². The number of hydrogen-bond acceptors (Lipinski definition) is 5. The number of carbonyl (C=O) groups is 2. The van der Waals surface area contributed by atoms with Crippen LogP contribution in [0.2, 0.25) is 0 Å². The number of ether oxygens (including phenoxy) is 1. The van der Waals surface area contributed by atoms with Crippen molar-refractivity contribution < 1.29 is 27.9 Å². The number of carboxylic acids is 1. The van der Waals surface area contributed by atoms with E-state index in [2.05, 4.69) is 4.72 Å². The standard InChI is InChI=1S/C12H22N2O6S/c1-3-20-12(17)10-4-6-14(7-5-10)21(18,19)13-9(2)8-11(15)16/h9-10,13H,3-8H2,1-2H3,(H,15,16). The highest BCUT2D eigenvalue weighted by atomic mass is 32.2. The zero-order chi connectivity index (χ0) is 16.0. The Labute approximate surface area is 124 Å². The third-order valence-corrected chi connectivity index (χ3v) is 4.99. The molecule has 0 saturated carbocycles. The van der Waals surface area contributed by atoms with Crippen molar-refractivity contribution in [3.8, 4) is 0 Å². The van der Waals surface area contributed by atoms with Gasteiger partial charge in [-0.2, -0.15) is 17.4 Å². The molecule has 0 aromatic heterocycles. The Kier molecular flexibility index (Phi) is 6.56. The molecule has 1 aliphatic heterocycles. The number of carboxylic acid groups (broad SMARTS) is 1. The highest BCUT2D eigenvalue weighted by Gasteiger charge is 2.32. The lowest BCUT2D eigenvalue weighted by molar-refractivity contribution is -0.149. The first-order chi connectivity index (χ1) is 9.76. The molecule has 122 valence electrons. The van der Waals surface area contributed by atoms with Crippen LogP contribution in [-0.2, 0) is 24.5 Å². The summed E-state index contributed by atoms with van der Waals surface area (Å²) in [5, 5.41) is 8.64. The number of nitrogens with one attached hydrogen (secondary N) is 1. The van der Waals surface area contributed by atoms with Crippen molar-refractivity contribution in [3.05, 3.63) is 0 Å². The van der Waals surface area contributed by atoms with Crippen molar-refractivity contribution in [2.75, 3.05) is 19.7 Å². The predicted octanol–water partition coefficient (Wildman–Crippen LogP) is -0.0409. The average molecular weight is 322 g/mol. The summed E-state index contributed by atoms with van der Waals surface area (Å²) in [5.74, 6) is -1.62. The van der Waals surface area contributed by atoms with Crippen molar-refractivity contribution in [3.63, 3.8) is 0 Å². The van der Waals surface area contributed by atoms with E-state index in [-0.39, 0.29) is 31.4 Å². The first-order valence-electron chi connectivity index (χ1n) is 6.92. The van der Waals surface area contributed by atoms with Gasteiger partial charge in [-0.1, -0.05) is 0 Å². The summed E-state index contributed by atoms with van der Waals surface area (Å²) in [6.07, 6.45) is 0.540. The van der Waals surface area contributed by atoms with Crippen LogP contribution in [0.3, 0.4) is 0 Å². The Bertz CT molecular complexity index is 470. The molecule has 0 spiro atoms. The zero-order valence-electron chi connectivity index (χ0n) is 12.2. The Morgan fingerprint density at radius 1 is 1.38 bits per heavy atom. The average Bonchev–Trinajstić information content (AvgIpc) is 2.37. The fraction of sp³-hybridized carbons (Fsp3) is 0.833. The molecule has 0 aromatic rings. The number of aliphatic carboxylic acids is 1. The van der Waals surface area contributed by atoms with Gasteiger partial charge in [0.05, 0.1) is 18.9 Å². The van der Waals surface area contributed by atoms with E-state index in [0.717, 1.165) is 0 Å². The summed E-state index contributed by atoms with van der Waals surface area (Å²) in [5.41, 5.74) is 0. The first kappa shape index (κ1) is 17.9. The van der Waals surface area contributed by atoms with Gasteiger partial charge in [-0.05, 0) is 26.7 Å². The normalized spacial score (nSPS) is 19.1. The molecule has 0 radical (unpaired) electrons. The number of esters is 1. The summed E-state index contributed by atoms with van der Waals surface area (Å²) in [4.78, 5) is 22.1. The molecule has 0 bridgehead atoms. The molecule has 1 fully saturated rings. The summed E-state index contributed by atoms with van der Waals surface area (Å²) in [6, 6.07) is -0.685. The second kappa shape index (κ2) is 7.71. The van der Waals surface area contributed by atoms with Gasteiger partial charge in [-0.3, -0.25) is 9.59 Å². The quantitative estimate of drug-likeness (QED) is 0.636. The minimum Gasteiger partial charge on any atom is -0.481 e. The predicted molar refractivity (Wildman–Crippen MR) is 74.7 cm³/mol. The van der Waals surface area contributed by atoms with Crippen LogP contribution in [0.15, 0.2) is 0 Å². The van der Waals surface area contributed by atoms with Crippen LogP contribution in [0, 0.1) is 5.92 Å². The van der Waals surface area contributed by atoms with Crippen molar-refractivity contribution >= 4 is 22.1 Å². The fourth-order valence-electron chi connectivity index (χ4n) is 2.22. The Morgan fingerprint density at radius 3 is 2.43 bits per heavy atom. The molecule has 1 aliphatic rings. The van der Waals surface area contributed by atoms with Crippen LogP contribution in [0.5, 0.6) is 0 Å². The summed E-state index contributed by atoms with van der Waals surface area (Å²) >= 11 is 0. The van der Waals surface area contributed by atoms with Crippen molar-refractivity contribution in [2.45, 2.75) is 39.2 Å². The van der Waals surface area contributed by atoms with E-state index in [1.54, 1.807) is 6.92 Å². The molecule has 0 amide bonds. The minimum atomic E-state index is -3.72. The maximum Gasteiger partial charge on any atom is 0.309 e. The number of piperidine rings is 1. The van der Waals surface area contributed by atoms with Crippen molar-refractivity contribution in [1.29, 1.82) is 0 Å². The van der Waals surface area contributed by atoms with Crippen LogP contribution in [0.25, 0.3) is 0 Å². The molecule has 1 rings (SSSR count). The van der Waals surface area contributed by atoms with Gasteiger partial charge in [0.2, 0.25) is 0 Å². The number of hydrogen-bond donors (Lipinski definition) is 2. The highest BCUT2D eigenvalue weighted by Crippen LogP contribution is 2.20. The SMILES string of the molecule is CCOC(=O)C1CCN(S(=O)(=O)NC(C)CC(=O)O)CC1. The fourth-order valence-corrected chi connectivity index (χ4v) is 3.66. The van der Waals surface area contributed by atoms with Crippen LogP contribution in [0.4, 0.5) is 0 Å². The number of carbonyl (C=O) groups excluding carboxylic acids is 1. The Balaban J connectivity index is 2.52. The van der Waals surface area contributed by atoms with Crippen LogP contribution in [0.1, 0.15) is 33.1 Å². The third kappa shape index (κ3) is 5.60. The zero-order valence-corrected chi connectivity index (χ0v) is 13.1. The molecule has 1 unspecified atom stereocenters. The van der Waals surface area contributed by atoms with Gasteiger partial charge in [0.15, 0.2) is 0 Å². The van der Waals surface area contributed by atoms with Gasteiger partial charge in [0.1, 0.15) is 0 Å². The largest absolute Gasteiger partial charge is 0.481 e. The van der Waals surface area contributed by atoms with E-state index in [9.17, 15) is 18.0 Å². The monoisotopic (exact) mass is 322 g/mol. The van der Waals surface area contributed by atoms with Crippen molar-refractivity contribution in [2.24, 2.45) is 5.92 Å². The lowest BCUT2D eigenvalue weighted by atomic mass is 9.98. The van der Waals surface area contributed by atoms with E-state index >= 15 is 0 Å². The number of nitrogens with zero attached hydrogens (tertiary/aromatic N) is 1. The van der Waals surface area contributed by atoms with Gasteiger partial charge in [-0.25, -0.2) is 0 Å². The molecular weight excluding hydrogens is 300 g/mol. The maximum atomic E-state index is 12.1. The molecule has 9 heteroatoms. The molecule has 1 heterocycles. The third-order valence-electron chi connectivity index (χ3n) is 3.24. The molecule has 1 saturated heterocycles. The maximum absolute atomic E-state index is 12.1. The number of rotatable bonds is 7. The van der Waals surface area contributed by atoms with E-state index in [1.165, 1.54) is 11.2 Å². The highest BCUT2D eigenvalue weighted by molar-refractivity contribution is 7.87. The molecular formula is C12H22N2O6S. The van der Waals surface area contributed by atoms with E-state index in [0.29, 0.717) is 19.4 Å². The second-order valence-corrected chi connectivity index (χ2v) is 6.75. The topological polar surface area (TPSA) is 113 Å². The molecule has 21 heavy (non-hydrogen) atoms. The summed E-state index contributed by atoms with van der Waals surface area (Å²) in [7, 11) is -3.72. The van der Waals surface area contributed by atoms with E-state index in [1.807, 2.05) is 0 Å². The Morgan fingerprint density at radius 2 is 1.95 bits per heavy atom. The van der Waals surface area contributed by atoms with Crippen LogP contribution in [-0.4, -0.2) is 55.5 Å². The summed E-state index contributed by atoms with van der Waals surface area (Å²) < 4.78 is 32.7. The lowest BCUT2D eigenvalue weighted by Gasteiger charge is -2.30. The first-order valence-corrected chi connectivity index (χ1v) is 8.36. The molecule has 0 aliphatic carbocycles. The Hall–Kier alpha value is -1.19. The summed E-state index contributed by atoms with van der Waals surface area (Å²) in [6.45, 7) is 3.98. The van der Waals surface area contributed by atoms with Crippen LogP contribution < -0.4 is 4.72 Å². The molecule has 1 atom stereocenters. The van der Waals surface area contributed by atoms with Crippen molar-refractivity contribution in [1.82, 2.24) is 9.03 Å².